The van der Waals surface area contributed by atoms with Crippen LogP contribution in [0.15, 0.2) is 16.3 Å². The third-order valence-electron chi connectivity index (χ3n) is 3.43. The zero-order valence-corrected chi connectivity index (χ0v) is 12.3. The molecule has 1 fully saturated rings. The number of carbonyl (C=O) groups is 1. The second-order valence-corrected chi connectivity index (χ2v) is 8.14. The second kappa shape index (κ2) is 5.60. The van der Waals surface area contributed by atoms with Gasteiger partial charge in [0.2, 0.25) is 0 Å². The molecule has 1 aromatic heterocycles. The number of nitrogens with zero attached hydrogens (tertiary/aromatic N) is 1. The van der Waals surface area contributed by atoms with Gasteiger partial charge in [0.15, 0.2) is 0 Å². The highest BCUT2D eigenvalue weighted by atomic mass is 32.2. The molecule has 0 amide bonds. The van der Waals surface area contributed by atoms with Gasteiger partial charge in [-0.15, -0.1) is 11.3 Å². The van der Waals surface area contributed by atoms with Gasteiger partial charge in [-0.3, -0.25) is 4.79 Å². The lowest BCUT2D eigenvalue weighted by Gasteiger charge is -2.22. The number of hydrogen-bond donors (Lipinski definition) is 1. The highest BCUT2D eigenvalue weighted by Crippen LogP contribution is 2.30. The van der Waals surface area contributed by atoms with Crippen molar-refractivity contribution in [2.45, 2.75) is 42.4 Å². The van der Waals surface area contributed by atoms with Crippen LogP contribution in [0.4, 0.5) is 0 Å². The average molecular weight is 303 g/mol. The van der Waals surface area contributed by atoms with Gasteiger partial charge in [-0.25, -0.2) is 8.42 Å². The normalized spacial score (nSPS) is 17.2. The summed E-state index contributed by atoms with van der Waals surface area (Å²) in [6, 6.07) is 3.16. The van der Waals surface area contributed by atoms with Gasteiger partial charge in [0, 0.05) is 18.0 Å². The smallest absolute Gasteiger partial charge is 0.308 e. The van der Waals surface area contributed by atoms with Crippen LogP contribution in [-0.2, 0) is 21.2 Å². The van der Waals surface area contributed by atoms with E-state index in [1.54, 1.807) is 13.1 Å². The number of aliphatic carboxylic acids is 1. The van der Waals surface area contributed by atoms with Gasteiger partial charge >= 0.3 is 5.97 Å². The number of sulfonamides is 1. The maximum absolute atomic E-state index is 12.4. The van der Waals surface area contributed by atoms with E-state index in [2.05, 4.69) is 0 Å². The Morgan fingerprint density at radius 1 is 1.42 bits per heavy atom. The first-order valence-electron chi connectivity index (χ1n) is 6.20. The van der Waals surface area contributed by atoms with Gasteiger partial charge in [0.05, 0.1) is 6.42 Å². The number of thiophene rings is 1. The third-order valence-corrected chi connectivity index (χ3v) is 6.90. The fourth-order valence-corrected chi connectivity index (χ4v) is 5.30. The van der Waals surface area contributed by atoms with Crippen LogP contribution in [0.3, 0.4) is 0 Å². The van der Waals surface area contributed by atoms with Crippen LogP contribution in [0.5, 0.6) is 0 Å². The van der Waals surface area contributed by atoms with Gasteiger partial charge in [-0.05, 0) is 25.0 Å². The third kappa shape index (κ3) is 3.16. The van der Waals surface area contributed by atoms with Crippen LogP contribution in [0.25, 0.3) is 0 Å². The first kappa shape index (κ1) is 14.5. The van der Waals surface area contributed by atoms with Crippen molar-refractivity contribution in [1.82, 2.24) is 4.31 Å². The van der Waals surface area contributed by atoms with E-state index in [9.17, 15) is 13.2 Å². The van der Waals surface area contributed by atoms with Crippen molar-refractivity contribution in [3.05, 3.63) is 17.0 Å². The molecule has 0 radical (unpaired) electrons. The summed E-state index contributed by atoms with van der Waals surface area (Å²) in [5, 5.41) is 8.71. The molecule has 0 unspecified atom stereocenters. The molecule has 0 aromatic carbocycles. The Labute approximate surface area is 116 Å². The molecule has 19 heavy (non-hydrogen) atoms. The standard InChI is InChI=1S/C12H17NO4S2/c1-13(9-4-2-3-5-9)19(16,17)12-7-6-10(18-12)8-11(14)15/h6-7,9H,2-5,8H2,1H3,(H,14,15). The molecule has 1 aliphatic carbocycles. The van der Waals surface area contributed by atoms with Crippen LogP contribution >= 0.6 is 11.3 Å². The van der Waals surface area contributed by atoms with Crippen LogP contribution in [0, 0.1) is 0 Å². The van der Waals surface area contributed by atoms with E-state index in [0.717, 1.165) is 37.0 Å². The van der Waals surface area contributed by atoms with E-state index in [4.69, 9.17) is 5.11 Å². The summed E-state index contributed by atoms with van der Waals surface area (Å²) in [5.41, 5.74) is 0. The van der Waals surface area contributed by atoms with Gasteiger partial charge in [0.25, 0.3) is 10.0 Å². The molecule has 1 N–H and O–H groups in total. The summed E-state index contributed by atoms with van der Waals surface area (Å²) < 4.78 is 26.5. The summed E-state index contributed by atoms with van der Waals surface area (Å²) in [5.74, 6) is -0.949. The summed E-state index contributed by atoms with van der Waals surface area (Å²) >= 11 is 1.04. The monoisotopic (exact) mass is 303 g/mol. The maximum atomic E-state index is 12.4. The molecule has 5 nitrogen and oxygen atoms in total. The zero-order valence-electron chi connectivity index (χ0n) is 10.7. The number of rotatable bonds is 5. The molecule has 0 saturated heterocycles. The predicted molar refractivity (Wildman–Crippen MR) is 72.9 cm³/mol. The molecule has 1 aromatic rings. The number of hydrogen-bond acceptors (Lipinski definition) is 4. The lowest BCUT2D eigenvalue weighted by molar-refractivity contribution is -0.136. The van der Waals surface area contributed by atoms with Crippen LogP contribution in [0.2, 0.25) is 0 Å². The molecule has 2 rings (SSSR count). The summed E-state index contributed by atoms with van der Waals surface area (Å²) in [6.07, 6.45) is 3.82. The molecule has 7 heteroatoms. The Balaban J connectivity index is 2.18. The van der Waals surface area contributed by atoms with Crippen molar-refractivity contribution in [3.8, 4) is 0 Å². The largest absolute Gasteiger partial charge is 0.481 e. The Morgan fingerprint density at radius 3 is 2.63 bits per heavy atom. The van der Waals surface area contributed by atoms with Crippen molar-refractivity contribution in [2.24, 2.45) is 0 Å². The molecule has 1 saturated carbocycles. The van der Waals surface area contributed by atoms with E-state index < -0.39 is 16.0 Å². The minimum Gasteiger partial charge on any atom is -0.481 e. The van der Waals surface area contributed by atoms with E-state index in [1.165, 1.54) is 10.4 Å². The fraction of sp³-hybridized carbons (Fsp3) is 0.583. The molecule has 0 bridgehead atoms. The number of carboxylic acids is 1. The van der Waals surface area contributed by atoms with Crippen molar-refractivity contribution in [3.63, 3.8) is 0 Å². The molecule has 1 heterocycles. The summed E-state index contributed by atoms with van der Waals surface area (Å²) in [6.45, 7) is 0. The SMILES string of the molecule is CN(C1CCCC1)S(=O)(=O)c1ccc(CC(=O)O)s1. The van der Waals surface area contributed by atoms with E-state index in [1.807, 2.05) is 0 Å². The molecular weight excluding hydrogens is 286 g/mol. The predicted octanol–water partition coefficient (Wildman–Crippen LogP) is 1.94. The zero-order chi connectivity index (χ0) is 14.0. The maximum Gasteiger partial charge on any atom is 0.308 e. The van der Waals surface area contributed by atoms with Crippen molar-refractivity contribution in [1.29, 1.82) is 0 Å². The van der Waals surface area contributed by atoms with Crippen molar-refractivity contribution in [2.75, 3.05) is 7.05 Å². The van der Waals surface area contributed by atoms with Crippen LogP contribution in [-0.4, -0.2) is 36.9 Å². The van der Waals surface area contributed by atoms with E-state index in [0.29, 0.717) is 4.88 Å². The Kier molecular flexibility index (Phi) is 4.27. The molecule has 106 valence electrons. The van der Waals surface area contributed by atoms with Crippen LogP contribution < -0.4 is 0 Å². The quantitative estimate of drug-likeness (QED) is 0.902. The van der Waals surface area contributed by atoms with Gasteiger partial charge in [-0.1, -0.05) is 12.8 Å². The van der Waals surface area contributed by atoms with Gasteiger partial charge in [0.1, 0.15) is 4.21 Å². The highest BCUT2D eigenvalue weighted by molar-refractivity contribution is 7.91. The van der Waals surface area contributed by atoms with Gasteiger partial charge in [-0.2, -0.15) is 4.31 Å². The molecule has 0 aliphatic heterocycles. The van der Waals surface area contributed by atoms with E-state index >= 15 is 0 Å². The second-order valence-electron chi connectivity index (χ2n) is 4.75. The average Bonchev–Trinajstić information content (AvgIpc) is 2.96. The minimum atomic E-state index is -3.48. The van der Waals surface area contributed by atoms with Crippen molar-refractivity contribution >= 4 is 27.3 Å². The Morgan fingerprint density at radius 2 is 2.05 bits per heavy atom. The Hall–Kier alpha value is -0.920. The van der Waals surface area contributed by atoms with Gasteiger partial charge < -0.3 is 5.11 Å². The van der Waals surface area contributed by atoms with Crippen molar-refractivity contribution < 1.29 is 18.3 Å². The first-order valence-corrected chi connectivity index (χ1v) is 8.45. The lowest BCUT2D eigenvalue weighted by atomic mass is 10.3. The molecule has 0 spiro atoms. The summed E-state index contributed by atoms with van der Waals surface area (Å²) in [4.78, 5) is 11.2. The fourth-order valence-electron chi connectivity index (χ4n) is 2.35. The minimum absolute atomic E-state index is 0.0787. The lowest BCUT2D eigenvalue weighted by Crippen LogP contribution is -2.34. The first-order chi connectivity index (χ1) is 8.91. The Bertz CT molecular complexity index is 558. The molecule has 0 atom stereocenters. The molecular formula is C12H17NO4S2. The highest BCUT2D eigenvalue weighted by Gasteiger charge is 2.31. The number of carboxylic acid groups (broad SMARTS) is 1. The topological polar surface area (TPSA) is 74.7 Å². The summed E-state index contributed by atoms with van der Waals surface area (Å²) in [7, 11) is -1.87. The van der Waals surface area contributed by atoms with E-state index in [-0.39, 0.29) is 16.7 Å². The van der Waals surface area contributed by atoms with Crippen LogP contribution in [0.1, 0.15) is 30.6 Å². The molecule has 1 aliphatic rings.